The number of nitrogens with zero attached hydrogens (tertiary/aromatic N) is 2. The molecule has 3 aromatic rings. The van der Waals surface area contributed by atoms with Crippen LogP contribution in [0, 0.1) is 12.7 Å². The topological polar surface area (TPSA) is 64.0 Å². The molecule has 0 saturated carbocycles. The Balaban J connectivity index is 2.00. The third-order valence-corrected chi connectivity index (χ3v) is 4.14. The molecule has 1 heterocycles. The number of amides is 1. The number of benzene rings is 2. The first-order chi connectivity index (χ1) is 12.4. The van der Waals surface area contributed by atoms with Crippen LogP contribution in [-0.4, -0.2) is 15.7 Å². The Morgan fingerprint density at radius 2 is 1.85 bits per heavy atom. The van der Waals surface area contributed by atoms with E-state index in [0.29, 0.717) is 16.4 Å². The van der Waals surface area contributed by atoms with Crippen LogP contribution in [0.5, 0.6) is 0 Å². The summed E-state index contributed by atoms with van der Waals surface area (Å²) in [4.78, 5) is 24.6. The van der Waals surface area contributed by atoms with E-state index in [1.807, 2.05) is 0 Å². The first kappa shape index (κ1) is 18.1. The van der Waals surface area contributed by atoms with Crippen molar-refractivity contribution in [1.82, 2.24) is 9.78 Å². The van der Waals surface area contributed by atoms with E-state index < -0.39 is 17.2 Å². The van der Waals surface area contributed by atoms with Gasteiger partial charge < -0.3 is 5.32 Å². The van der Waals surface area contributed by atoms with Crippen LogP contribution < -0.4 is 10.7 Å². The van der Waals surface area contributed by atoms with E-state index in [4.69, 9.17) is 23.2 Å². The minimum Gasteiger partial charge on any atom is -0.318 e. The van der Waals surface area contributed by atoms with E-state index in [9.17, 15) is 14.0 Å². The Morgan fingerprint density at radius 3 is 2.54 bits per heavy atom. The molecule has 8 heteroatoms. The number of anilines is 1. The van der Waals surface area contributed by atoms with Crippen LogP contribution >= 0.6 is 23.2 Å². The minimum absolute atomic E-state index is 0.137. The Bertz CT molecular complexity index is 1050. The number of carbonyl (C=O) groups excluding carboxylic acids is 1. The van der Waals surface area contributed by atoms with Gasteiger partial charge in [-0.25, -0.2) is 9.07 Å². The van der Waals surface area contributed by atoms with Gasteiger partial charge in [0, 0.05) is 16.8 Å². The van der Waals surface area contributed by atoms with E-state index in [1.165, 1.54) is 28.9 Å². The average Bonchev–Trinajstić information content (AvgIpc) is 2.60. The van der Waals surface area contributed by atoms with E-state index in [0.717, 1.165) is 0 Å². The van der Waals surface area contributed by atoms with Crippen molar-refractivity contribution in [2.45, 2.75) is 6.92 Å². The van der Waals surface area contributed by atoms with Gasteiger partial charge in [0.2, 0.25) is 5.43 Å². The molecule has 0 aliphatic carbocycles. The lowest BCUT2D eigenvalue weighted by Gasteiger charge is -2.12. The van der Waals surface area contributed by atoms with Gasteiger partial charge in [0.25, 0.3) is 5.91 Å². The normalized spacial score (nSPS) is 10.6. The first-order valence-corrected chi connectivity index (χ1v) is 8.24. The molecule has 0 saturated heterocycles. The molecule has 1 aromatic heterocycles. The maximum atomic E-state index is 14.0. The summed E-state index contributed by atoms with van der Waals surface area (Å²) in [6.07, 6.45) is 0. The standard InChI is InChI=1S/C18H12Cl2FN3O2/c1-10-9-15(25)17(23-24(10)12-7-5-11(19)6-8-12)18(26)22-14-4-2-3-13(20)16(14)21/h2-9H,1H3,(H,22,26). The zero-order chi connectivity index (χ0) is 18.8. The number of aromatic nitrogens is 2. The molecular formula is C18H12Cl2FN3O2. The predicted molar refractivity (Wildman–Crippen MR) is 98.9 cm³/mol. The number of carbonyl (C=O) groups is 1. The lowest BCUT2D eigenvalue weighted by molar-refractivity contribution is 0.101. The molecule has 0 aliphatic heterocycles. The summed E-state index contributed by atoms with van der Waals surface area (Å²) in [6, 6.07) is 12.2. The van der Waals surface area contributed by atoms with Crippen LogP contribution in [0.2, 0.25) is 10.0 Å². The van der Waals surface area contributed by atoms with E-state index in [-0.39, 0.29) is 16.4 Å². The van der Waals surface area contributed by atoms with E-state index in [1.54, 1.807) is 31.2 Å². The summed E-state index contributed by atoms with van der Waals surface area (Å²) in [5, 5.41) is 6.84. The summed E-state index contributed by atoms with van der Waals surface area (Å²) in [5.41, 5.74) is 0.0672. The summed E-state index contributed by atoms with van der Waals surface area (Å²) >= 11 is 11.6. The van der Waals surface area contributed by atoms with Gasteiger partial charge in [0.15, 0.2) is 11.5 Å². The highest BCUT2D eigenvalue weighted by Crippen LogP contribution is 2.22. The van der Waals surface area contributed by atoms with Crippen molar-refractivity contribution in [1.29, 1.82) is 0 Å². The van der Waals surface area contributed by atoms with Crippen molar-refractivity contribution in [2.75, 3.05) is 5.32 Å². The monoisotopic (exact) mass is 391 g/mol. The maximum Gasteiger partial charge on any atom is 0.280 e. The largest absolute Gasteiger partial charge is 0.318 e. The molecule has 0 spiro atoms. The first-order valence-electron chi connectivity index (χ1n) is 7.49. The predicted octanol–water partition coefficient (Wildman–Crippen LogP) is 4.24. The van der Waals surface area contributed by atoms with Crippen molar-refractivity contribution >= 4 is 34.8 Å². The molecular weight excluding hydrogens is 380 g/mol. The van der Waals surface area contributed by atoms with Gasteiger partial charge in [-0.15, -0.1) is 0 Å². The summed E-state index contributed by atoms with van der Waals surface area (Å²) in [5.74, 6) is -1.62. The molecule has 132 valence electrons. The number of halogens is 3. The number of aryl methyl sites for hydroxylation is 1. The fraction of sp³-hybridized carbons (Fsp3) is 0.0556. The van der Waals surface area contributed by atoms with Gasteiger partial charge in [0.05, 0.1) is 16.4 Å². The summed E-state index contributed by atoms with van der Waals surface area (Å²) in [7, 11) is 0. The van der Waals surface area contributed by atoms with Gasteiger partial charge in [-0.2, -0.15) is 5.10 Å². The lowest BCUT2D eigenvalue weighted by Crippen LogP contribution is -2.27. The van der Waals surface area contributed by atoms with Crippen LogP contribution in [0.4, 0.5) is 10.1 Å². The molecule has 3 rings (SSSR count). The van der Waals surface area contributed by atoms with Crippen molar-refractivity contribution < 1.29 is 9.18 Å². The second-order valence-electron chi connectivity index (χ2n) is 5.44. The molecule has 0 aliphatic rings. The molecule has 2 aromatic carbocycles. The van der Waals surface area contributed by atoms with Crippen molar-refractivity contribution in [3.8, 4) is 5.69 Å². The van der Waals surface area contributed by atoms with Gasteiger partial charge in [-0.1, -0.05) is 29.3 Å². The highest BCUT2D eigenvalue weighted by atomic mass is 35.5. The van der Waals surface area contributed by atoms with Crippen LogP contribution in [-0.2, 0) is 0 Å². The smallest absolute Gasteiger partial charge is 0.280 e. The molecule has 0 atom stereocenters. The second-order valence-corrected chi connectivity index (χ2v) is 6.29. The van der Waals surface area contributed by atoms with Crippen LogP contribution in [0.15, 0.2) is 53.3 Å². The van der Waals surface area contributed by atoms with Gasteiger partial charge in [0.1, 0.15) is 0 Å². The average molecular weight is 392 g/mol. The fourth-order valence-electron chi connectivity index (χ4n) is 2.33. The van der Waals surface area contributed by atoms with Crippen molar-refractivity contribution in [3.05, 3.63) is 86.0 Å². The molecule has 5 nitrogen and oxygen atoms in total. The lowest BCUT2D eigenvalue weighted by atomic mass is 10.2. The molecule has 0 bridgehead atoms. The Kier molecular flexibility index (Phi) is 5.06. The summed E-state index contributed by atoms with van der Waals surface area (Å²) < 4.78 is 15.4. The SMILES string of the molecule is Cc1cc(=O)c(C(=O)Nc2cccc(Cl)c2F)nn1-c1ccc(Cl)cc1. The number of hydrogen-bond acceptors (Lipinski definition) is 3. The van der Waals surface area contributed by atoms with Crippen molar-refractivity contribution in [2.24, 2.45) is 0 Å². The van der Waals surface area contributed by atoms with Crippen LogP contribution in [0.25, 0.3) is 5.69 Å². The van der Waals surface area contributed by atoms with E-state index >= 15 is 0 Å². The zero-order valence-corrected chi connectivity index (χ0v) is 15.0. The Labute approximate surface area is 158 Å². The molecule has 0 fully saturated rings. The number of hydrogen-bond donors (Lipinski definition) is 1. The fourth-order valence-corrected chi connectivity index (χ4v) is 2.63. The second kappa shape index (κ2) is 7.27. The Hall–Kier alpha value is -2.70. The summed E-state index contributed by atoms with van der Waals surface area (Å²) in [6.45, 7) is 1.68. The van der Waals surface area contributed by atoms with Crippen LogP contribution in [0.3, 0.4) is 0 Å². The van der Waals surface area contributed by atoms with Crippen molar-refractivity contribution in [3.63, 3.8) is 0 Å². The molecule has 1 amide bonds. The van der Waals surface area contributed by atoms with Gasteiger partial charge in [-0.3, -0.25) is 9.59 Å². The van der Waals surface area contributed by atoms with E-state index in [2.05, 4.69) is 10.4 Å². The number of nitrogens with one attached hydrogen (secondary N) is 1. The van der Waals surface area contributed by atoms with Gasteiger partial charge in [-0.05, 0) is 43.3 Å². The minimum atomic E-state index is -0.834. The third-order valence-electron chi connectivity index (χ3n) is 3.59. The molecule has 26 heavy (non-hydrogen) atoms. The third kappa shape index (κ3) is 3.61. The number of rotatable bonds is 3. The quantitative estimate of drug-likeness (QED) is 0.725. The molecule has 1 N–H and O–H groups in total. The highest BCUT2D eigenvalue weighted by Gasteiger charge is 2.17. The molecule has 0 unspecified atom stereocenters. The maximum absolute atomic E-state index is 14.0. The van der Waals surface area contributed by atoms with Gasteiger partial charge >= 0.3 is 0 Å². The van der Waals surface area contributed by atoms with Crippen LogP contribution in [0.1, 0.15) is 16.2 Å². The Morgan fingerprint density at radius 1 is 1.15 bits per heavy atom. The zero-order valence-electron chi connectivity index (χ0n) is 13.5. The molecule has 0 radical (unpaired) electrons. The highest BCUT2D eigenvalue weighted by molar-refractivity contribution is 6.31.